The smallest absolute Gasteiger partial charge is 0.266 e. The zero-order valence-corrected chi connectivity index (χ0v) is 15.5. The van der Waals surface area contributed by atoms with E-state index in [2.05, 4.69) is 18.8 Å². The second-order valence-electron chi connectivity index (χ2n) is 6.29. The van der Waals surface area contributed by atoms with Crippen LogP contribution in [-0.4, -0.2) is 23.0 Å². The maximum absolute atomic E-state index is 13.8. The maximum Gasteiger partial charge on any atom is 0.266 e. The van der Waals surface area contributed by atoms with E-state index in [1.54, 1.807) is 13.1 Å². The summed E-state index contributed by atoms with van der Waals surface area (Å²) in [5.74, 6) is -1.19. The Bertz CT molecular complexity index is 905. The SMILES string of the molecule is CC(C)c1ccc(/C=C2/SC(=Nc3ccc(F)cc3F)N(C)C2=O)cc1. The number of amides is 1. The summed E-state index contributed by atoms with van der Waals surface area (Å²) >= 11 is 1.17. The van der Waals surface area contributed by atoms with Gasteiger partial charge in [-0.15, -0.1) is 0 Å². The zero-order chi connectivity index (χ0) is 18.8. The lowest BCUT2D eigenvalue weighted by molar-refractivity contribution is -0.121. The summed E-state index contributed by atoms with van der Waals surface area (Å²) < 4.78 is 26.8. The minimum absolute atomic E-state index is 0.00362. The molecule has 1 amide bonds. The van der Waals surface area contributed by atoms with Gasteiger partial charge in [0.25, 0.3) is 5.91 Å². The number of nitrogens with zero attached hydrogens (tertiary/aromatic N) is 2. The summed E-state index contributed by atoms with van der Waals surface area (Å²) in [5.41, 5.74) is 2.13. The Morgan fingerprint density at radius 1 is 1.12 bits per heavy atom. The summed E-state index contributed by atoms with van der Waals surface area (Å²) in [4.78, 5) is 18.5. The van der Waals surface area contributed by atoms with Crippen LogP contribution in [0.2, 0.25) is 0 Å². The molecule has 0 spiro atoms. The molecule has 2 aromatic rings. The highest BCUT2D eigenvalue weighted by Gasteiger charge is 2.30. The number of rotatable bonds is 3. The summed E-state index contributed by atoms with van der Waals surface area (Å²) in [6.07, 6.45) is 1.79. The first-order chi connectivity index (χ1) is 12.3. The van der Waals surface area contributed by atoms with Gasteiger partial charge >= 0.3 is 0 Å². The quantitative estimate of drug-likeness (QED) is 0.683. The predicted molar refractivity (Wildman–Crippen MR) is 102 cm³/mol. The van der Waals surface area contributed by atoms with Crippen molar-refractivity contribution in [3.8, 4) is 0 Å². The highest BCUT2D eigenvalue weighted by molar-refractivity contribution is 8.18. The van der Waals surface area contributed by atoms with Crippen molar-refractivity contribution in [1.82, 2.24) is 4.90 Å². The van der Waals surface area contributed by atoms with Gasteiger partial charge in [0.1, 0.15) is 11.5 Å². The first-order valence-electron chi connectivity index (χ1n) is 8.16. The molecule has 1 aliphatic heterocycles. The van der Waals surface area contributed by atoms with Gasteiger partial charge < -0.3 is 0 Å². The van der Waals surface area contributed by atoms with Crippen LogP contribution in [0.1, 0.15) is 30.9 Å². The first kappa shape index (κ1) is 18.3. The molecule has 6 heteroatoms. The summed E-state index contributed by atoms with van der Waals surface area (Å²) in [6, 6.07) is 11.2. The number of benzene rings is 2. The van der Waals surface area contributed by atoms with Crippen LogP contribution in [0.5, 0.6) is 0 Å². The topological polar surface area (TPSA) is 32.7 Å². The number of hydrogen-bond acceptors (Lipinski definition) is 3. The van der Waals surface area contributed by atoms with Crippen LogP contribution < -0.4 is 0 Å². The number of carbonyl (C=O) groups is 1. The molecule has 26 heavy (non-hydrogen) atoms. The number of thioether (sulfide) groups is 1. The van der Waals surface area contributed by atoms with Gasteiger partial charge in [0, 0.05) is 13.1 Å². The Morgan fingerprint density at radius 2 is 1.81 bits per heavy atom. The minimum atomic E-state index is -0.763. The van der Waals surface area contributed by atoms with Crippen LogP contribution in [0.4, 0.5) is 14.5 Å². The Morgan fingerprint density at radius 3 is 2.42 bits per heavy atom. The number of likely N-dealkylation sites (N-methyl/N-ethyl adjacent to an activating group) is 1. The summed E-state index contributed by atoms with van der Waals surface area (Å²) in [5, 5.41) is 0.352. The monoisotopic (exact) mass is 372 g/mol. The van der Waals surface area contributed by atoms with Crippen LogP contribution in [0, 0.1) is 11.6 Å². The van der Waals surface area contributed by atoms with E-state index in [9.17, 15) is 13.6 Å². The lowest BCUT2D eigenvalue weighted by atomic mass is 10.0. The zero-order valence-electron chi connectivity index (χ0n) is 14.7. The van der Waals surface area contributed by atoms with E-state index in [1.807, 2.05) is 24.3 Å². The fourth-order valence-electron chi connectivity index (χ4n) is 2.46. The number of halogens is 2. The molecule has 0 aliphatic carbocycles. The van der Waals surface area contributed by atoms with Gasteiger partial charge in [0.2, 0.25) is 0 Å². The van der Waals surface area contributed by atoms with Gasteiger partial charge in [-0.2, -0.15) is 0 Å². The fraction of sp³-hybridized carbons (Fsp3) is 0.200. The molecule has 2 aromatic carbocycles. The van der Waals surface area contributed by atoms with Crippen molar-refractivity contribution < 1.29 is 13.6 Å². The van der Waals surface area contributed by atoms with Gasteiger partial charge in [-0.1, -0.05) is 38.1 Å². The van der Waals surface area contributed by atoms with E-state index in [0.717, 1.165) is 17.7 Å². The second-order valence-corrected chi connectivity index (χ2v) is 7.30. The number of hydrogen-bond donors (Lipinski definition) is 0. The first-order valence-corrected chi connectivity index (χ1v) is 8.98. The van der Waals surface area contributed by atoms with E-state index in [4.69, 9.17) is 0 Å². The van der Waals surface area contributed by atoms with Gasteiger partial charge in [-0.3, -0.25) is 9.69 Å². The predicted octanol–water partition coefficient (Wildman–Crippen LogP) is 5.32. The normalized spacial score (nSPS) is 17.8. The number of carbonyl (C=O) groups excluding carboxylic acids is 1. The van der Waals surface area contributed by atoms with Crippen LogP contribution in [0.15, 0.2) is 52.4 Å². The molecular weight excluding hydrogens is 354 g/mol. The van der Waals surface area contributed by atoms with E-state index >= 15 is 0 Å². The Kier molecular flexibility index (Phi) is 5.23. The molecule has 0 radical (unpaired) electrons. The van der Waals surface area contributed by atoms with E-state index in [-0.39, 0.29) is 11.6 Å². The minimum Gasteiger partial charge on any atom is -0.290 e. The summed E-state index contributed by atoms with van der Waals surface area (Å²) in [6.45, 7) is 4.24. The Balaban J connectivity index is 1.87. The van der Waals surface area contributed by atoms with Crippen molar-refractivity contribution in [3.05, 3.63) is 70.1 Å². The average molecular weight is 372 g/mol. The molecule has 0 unspecified atom stereocenters. The van der Waals surface area contributed by atoms with Crippen molar-refractivity contribution in [2.24, 2.45) is 4.99 Å². The lowest BCUT2D eigenvalue weighted by Crippen LogP contribution is -2.23. The standard InChI is InChI=1S/C20H18F2N2OS/c1-12(2)14-6-4-13(5-7-14)10-18-19(25)24(3)20(26-18)23-17-9-8-15(21)11-16(17)22/h4-12H,1-3H3/b18-10+,23-20?. The van der Waals surface area contributed by atoms with Crippen molar-refractivity contribution in [2.75, 3.05) is 7.05 Å². The molecule has 1 saturated heterocycles. The third-order valence-electron chi connectivity index (χ3n) is 4.03. The van der Waals surface area contributed by atoms with Gasteiger partial charge in [0.15, 0.2) is 11.0 Å². The fourth-order valence-corrected chi connectivity index (χ4v) is 3.43. The molecule has 1 fully saturated rings. The molecule has 0 bridgehead atoms. The van der Waals surface area contributed by atoms with Crippen molar-refractivity contribution in [1.29, 1.82) is 0 Å². The Labute approximate surface area is 155 Å². The second kappa shape index (κ2) is 7.41. The third-order valence-corrected chi connectivity index (χ3v) is 5.09. The number of aliphatic imine (C=N–C) groups is 1. The molecule has 1 heterocycles. The molecule has 0 aromatic heterocycles. The molecule has 0 N–H and O–H groups in total. The molecular formula is C20H18F2N2OS. The third kappa shape index (κ3) is 3.85. The van der Waals surface area contributed by atoms with Crippen molar-refractivity contribution >= 4 is 34.6 Å². The Hall–Kier alpha value is -2.47. The molecule has 0 atom stereocenters. The lowest BCUT2D eigenvalue weighted by Gasteiger charge is -2.07. The van der Waals surface area contributed by atoms with Gasteiger partial charge in [0.05, 0.1) is 4.91 Å². The van der Waals surface area contributed by atoms with Gasteiger partial charge in [-0.25, -0.2) is 13.8 Å². The largest absolute Gasteiger partial charge is 0.290 e. The molecule has 3 rings (SSSR count). The van der Waals surface area contributed by atoms with Crippen LogP contribution in [-0.2, 0) is 4.79 Å². The summed E-state index contributed by atoms with van der Waals surface area (Å²) in [7, 11) is 1.58. The molecule has 134 valence electrons. The van der Waals surface area contributed by atoms with Crippen LogP contribution in [0.3, 0.4) is 0 Å². The number of amidine groups is 1. The van der Waals surface area contributed by atoms with Crippen molar-refractivity contribution in [3.63, 3.8) is 0 Å². The van der Waals surface area contributed by atoms with Crippen LogP contribution >= 0.6 is 11.8 Å². The molecule has 1 aliphatic rings. The highest BCUT2D eigenvalue weighted by atomic mass is 32.2. The van der Waals surface area contributed by atoms with E-state index in [0.29, 0.717) is 16.0 Å². The van der Waals surface area contributed by atoms with E-state index in [1.165, 1.54) is 28.3 Å². The maximum atomic E-state index is 13.8. The van der Waals surface area contributed by atoms with Gasteiger partial charge in [-0.05, 0) is 47.0 Å². The molecule has 0 saturated carbocycles. The van der Waals surface area contributed by atoms with E-state index < -0.39 is 11.6 Å². The average Bonchev–Trinajstić information content (AvgIpc) is 2.86. The van der Waals surface area contributed by atoms with Crippen molar-refractivity contribution in [2.45, 2.75) is 19.8 Å². The molecule has 3 nitrogen and oxygen atoms in total. The highest BCUT2D eigenvalue weighted by Crippen LogP contribution is 2.33. The van der Waals surface area contributed by atoms with Crippen LogP contribution in [0.25, 0.3) is 6.08 Å².